The largest absolute Gasteiger partial charge is 0.493 e. The van der Waals surface area contributed by atoms with E-state index in [1.54, 1.807) is 14.2 Å². The lowest BCUT2D eigenvalue weighted by atomic mass is 10.1. The number of aliphatic hydroxyl groups excluding tert-OH is 1. The van der Waals surface area contributed by atoms with E-state index in [2.05, 4.69) is 22.8 Å². The second-order valence-corrected chi connectivity index (χ2v) is 5.71. The van der Waals surface area contributed by atoms with E-state index in [-0.39, 0.29) is 6.61 Å². The van der Waals surface area contributed by atoms with E-state index >= 15 is 0 Å². The van der Waals surface area contributed by atoms with Crippen molar-refractivity contribution in [2.45, 2.75) is 25.9 Å². The Labute approximate surface area is 133 Å². The van der Waals surface area contributed by atoms with Gasteiger partial charge in [-0.2, -0.15) is 0 Å². The first-order valence-corrected chi connectivity index (χ1v) is 8.00. The highest BCUT2D eigenvalue weighted by atomic mass is 16.5. The summed E-state index contributed by atoms with van der Waals surface area (Å²) >= 11 is 0. The molecule has 2 rings (SSSR count). The van der Waals surface area contributed by atoms with Gasteiger partial charge in [0, 0.05) is 44.3 Å². The van der Waals surface area contributed by atoms with Crippen molar-refractivity contribution in [2.75, 3.05) is 47.0 Å². The molecule has 0 aliphatic carbocycles. The van der Waals surface area contributed by atoms with Crippen LogP contribution in [0.15, 0.2) is 18.2 Å². The van der Waals surface area contributed by atoms with Crippen molar-refractivity contribution in [3.63, 3.8) is 0 Å². The second-order valence-electron chi connectivity index (χ2n) is 5.71. The summed E-state index contributed by atoms with van der Waals surface area (Å²) in [5.41, 5.74) is 1.16. The maximum absolute atomic E-state index is 9.42. The summed E-state index contributed by atoms with van der Waals surface area (Å²) in [5.74, 6) is 1.61. The first kappa shape index (κ1) is 17.1. The molecule has 1 aliphatic rings. The number of aliphatic hydroxyl groups is 1. The summed E-state index contributed by atoms with van der Waals surface area (Å²) in [6, 6.07) is 6.32. The Morgan fingerprint density at radius 2 is 1.86 bits per heavy atom. The lowest BCUT2D eigenvalue weighted by molar-refractivity contribution is 0.0605. The van der Waals surface area contributed by atoms with Gasteiger partial charge in [-0.15, -0.1) is 0 Å². The zero-order valence-electron chi connectivity index (χ0n) is 13.9. The molecule has 0 bridgehead atoms. The first-order valence-electron chi connectivity index (χ1n) is 8.00. The molecule has 1 N–H and O–H groups in total. The van der Waals surface area contributed by atoms with Crippen LogP contribution in [0.2, 0.25) is 0 Å². The van der Waals surface area contributed by atoms with E-state index < -0.39 is 0 Å². The lowest BCUT2D eigenvalue weighted by Crippen LogP contribution is -2.50. The molecule has 22 heavy (non-hydrogen) atoms. The predicted octanol–water partition coefficient (Wildman–Crippen LogP) is 1.59. The smallest absolute Gasteiger partial charge is 0.165 e. The number of benzene rings is 1. The number of hydrogen-bond donors (Lipinski definition) is 1. The quantitative estimate of drug-likeness (QED) is 0.829. The van der Waals surface area contributed by atoms with Crippen molar-refractivity contribution >= 4 is 0 Å². The van der Waals surface area contributed by atoms with Crippen LogP contribution in [0.3, 0.4) is 0 Å². The van der Waals surface area contributed by atoms with E-state index in [0.29, 0.717) is 6.04 Å². The van der Waals surface area contributed by atoms with E-state index in [0.717, 1.165) is 56.2 Å². The molecule has 124 valence electrons. The Hall–Kier alpha value is -1.30. The average Bonchev–Trinajstić information content (AvgIpc) is 2.57. The van der Waals surface area contributed by atoms with Crippen LogP contribution in [-0.4, -0.2) is 68.0 Å². The van der Waals surface area contributed by atoms with Crippen molar-refractivity contribution in [1.29, 1.82) is 0 Å². The standard InChI is InChI=1S/C17H28N2O3/c1-4-15(13-20)19-10-8-18(9-11-19)12-14-6-5-7-16(21-2)17(14)22-3/h5-7,15,20H,4,8-13H2,1-3H3. The highest BCUT2D eigenvalue weighted by Gasteiger charge is 2.23. The van der Waals surface area contributed by atoms with Gasteiger partial charge >= 0.3 is 0 Å². The highest BCUT2D eigenvalue weighted by molar-refractivity contribution is 5.46. The second kappa shape index (κ2) is 8.36. The molecular weight excluding hydrogens is 280 g/mol. The van der Waals surface area contributed by atoms with Crippen LogP contribution in [0.1, 0.15) is 18.9 Å². The molecule has 0 spiro atoms. The minimum Gasteiger partial charge on any atom is -0.493 e. The lowest BCUT2D eigenvalue weighted by Gasteiger charge is -2.38. The maximum Gasteiger partial charge on any atom is 0.165 e. The molecule has 0 radical (unpaired) electrons. The molecule has 5 heteroatoms. The minimum absolute atomic E-state index is 0.250. The van der Waals surface area contributed by atoms with E-state index in [4.69, 9.17) is 9.47 Å². The van der Waals surface area contributed by atoms with Crippen LogP contribution in [0.25, 0.3) is 0 Å². The number of rotatable bonds is 7. The van der Waals surface area contributed by atoms with Crippen LogP contribution in [0, 0.1) is 0 Å². The third-order valence-electron chi connectivity index (χ3n) is 4.48. The SMILES string of the molecule is CCC(CO)N1CCN(Cc2cccc(OC)c2OC)CC1. The molecule has 1 aromatic rings. The van der Waals surface area contributed by atoms with Crippen molar-refractivity contribution in [3.8, 4) is 11.5 Å². The first-order chi connectivity index (χ1) is 10.7. The molecule has 1 atom stereocenters. The Morgan fingerprint density at radius 3 is 2.41 bits per heavy atom. The molecule has 0 saturated carbocycles. The van der Waals surface area contributed by atoms with E-state index in [1.165, 1.54) is 0 Å². The normalized spacial score (nSPS) is 18.2. The summed E-state index contributed by atoms with van der Waals surface area (Å²) in [7, 11) is 3.35. The molecular formula is C17H28N2O3. The highest BCUT2D eigenvalue weighted by Crippen LogP contribution is 2.31. The van der Waals surface area contributed by atoms with Gasteiger partial charge in [-0.3, -0.25) is 9.80 Å². The Bertz CT molecular complexity index is 455. The number of methoxy groups -OCH3 is 2. The summed E-state index contributed by atoms with van der Waals surface area (Å²) in [4.78, 5) is 4.82. The van der Waals surface area contributed by atoms with Crippen molar-refractivity contribution in [2.24, 2.45) is 0 Å². The molecule has 0 aromatic heterocycles. The number of hydrogen-bond acceptors (Lipinski definition) is 5. The zero-order chi connectivity index (χ0) is 15.9. The number of nitrogens with zero attached hydrogens (tertiary/aromatic N) is 2. The summed E-state index contributed by atoms with van der Waals surface area (Å²) in [6.07, 6.45) is 1.00. The number of para-hydroxylation sites is 1. The molecule has 1 aromatic carbocycles. The average molecular weight is 308 g/mol. The predicted molar refractivity (Wildman–Crippen MR) is 87.6 cm³/mol. The fraction of sp³-hybridized carbons (Fsp3) is 0.647. The fourth-order valence-electron chi connectivity index (χ4n) is 3.11. The van der Waals surface area contributed by atoms with Gasteiger partial charge in [-0.05, 0) is 12.5 Å². The van der Waals surface area contributed by atoms with Crippen LogP contribution in [0.4, 0.5) is 0 Å². The van der Waals surface area contributed by atoms with E-state index in [9.17, 15) is 5.11 Å². The Morgan fingerprint density at radius 1 is 1.14 bits per heavy atom. The summed E-state index contributed by atoms with van der Waals surface area (Å²) < 4.78 is 10.9. The van der Waals surface area contributed by atoms with Crippen molar-refractivity contribution in [3.05, 3.63) is 23.8 Å². The van der Waals surface area contributed by atoms with Crippen LogP contribution in [0.5, 0.6) is 11.5 Å². The monoisotopic (exact) mass is 308 g/mol. The van der Waals surface area contributed by atoms with Crippen LogP contribution >= 0.6 is 0 Å². The van der Waals surface area contributed by atoms with Gasteiger partial charge < -0.3 is 14.6 Å². The van der Waals surface area contributed by atoms with Gasteiger partial charge in [0.15, 0.2) is 11.5 Å². The maximum atomic E-state index is 9.42. The summed E-state index contributed by atoms with van der Waals surface area (Å²) in [6.45, 7) is 7.28. The molecule has 1 saturated heterocycles. The van der Waals surface area contributed by atoms with Gasteiger partial charge in [-0.1, -0.05) is 19.1 Å². The van der Waals surface area contributed by atoms with Gasteiger partial charge in [-0.25, -0.2) is 0 Å². The van der Waals surface area contributed by atoms with Crippen LogP contribution < -0.4 is 9.47 Å². The third kappa shape index (κ3) is 3.91. The number of piperazine rings is 1. The van der Waals surface area contributed by atoms with Gasteiger partial charge in [0.25, 0.3) is 0 Å². The molecule has 1 fully saturated rings. The van der Waals surface area contributed by atoms with E-state index in [1.807, 2.05) is 12.1 Å². The molecule has 5 nitrogen and oxygen atoms in total. The summed E-state index contributed by atoms with van der Waals surface area (Å²) in [5, 5.41) is 9.42. The Balaban J connectivity index is 1.96. The van der Waals surface area contributed by atoms with Gasteiger partial charge in [0.05, 0.1) is 20.8 Å². The third-order valence-corrected chi connectivity index (χ3v) is 4.48. The van der Waals surface area contributed by atoms with Gasteiger partial charge in [0.1, 0.15) is 0 Å². The van der Waals surface area contributed by atoms with Crippen molar-refractivity contribution in [1.82, 2.24) is 9.80 Å². The van der Waals surface area contributed by atoms with Crippen LogP contribution in [-0.2, 0) is 6.54 Å². The molecule has 1 aliphatic heterocycles. The molecule has 1 unspecified atom stereocenters. The fourth-order valence-corrected chi connectivity index (χ4v) is 3.11. The number of ether oxygens (including phenoxy) is 2. The van der Waals surface area contributed by atoms with Crippen molar-refractivity contribution < 1.29 is 14.6 Å². The molecule has 1 heterocycles. The zero-order valence-corrected chi connectivity index (χ0v) is 13.9. The minimum atomic E-state index is 0.250. The molecule has 0 amide bonds. The Kier molecular flexibility index (Phi) is 6.49. The van der Waals surface area contributed by atoms with Gasteiger partial charge in [0.2, 0.25) is 0 Å². The topological polar surface area (TPSA) is 45.2 Å².